The van der Waals surface area contributed by atoms with Gasteiger partial charge in [0, 0.05) is 12.2 Å². The molecular weight excluding hydrogens is 272 g/mol. The predicted octanol–water partition coefficient (Wildman–Crippen LogP) is 4.92. The number of unbranched alkanes of at least 4 members (excludes halogenated alkanes) is 1. The number of hydrogen-bond donors (Lipinski definition) is 2. The van der Waals surface area contributed by atoms with E-state index in [1.54, 1.807) is 0 Å². The van der Waals surface area contributed by atoms with Crippen molar-refractivity contribution >= 4 is 17.8 Å². The molecule has 3 nitrogen and oxygen atoms in total. The van der Waals surface area contributed by atoms with E-state index >= 15 is 0 Å². The molecule has 2 rings (SSSR count). The fourth-order valence-corrected chi connectivity index (χ4v) is 2.11. The number of carbonyl (C=O) groups excluding carboxylic acids is 1. The summed E-state index contributed by atoms with van der Waals surface area (Å²) in [6.45, 7) is 6.55. The van der Waals surface area contributed by atoms with Crippen molar-refractivity contribution in [3.63, 3.8) is 0 Å². The van der Waals surface area contributed by atoms with Crippen LogP contribution < -0.4 is 10.6 Å². The van der Waals surface area contributed by atoms with Crippen LogP contribution in [0.5, 0.6) is 0 Å². The van der Waals surface area contributed by atoms with Gasteiger partial charge in [-0.15, -0.1) is 0 Å². The van der Waals surface area contributed by atoms with E-state index in [0.29, 0.717) is 6.54 Å². The van der Waals surface area contributed by atoms with Crippen molar-refractivity contribution in [2.75, 3.05) is 11.9 Å². The third kappa shape index (κ3) is 4.48. The van der Waals surface area contributed by atoms with Gasteiger partial charge in [0.2, 0.25) is 0 Å². The molecule has 0 spiro atoms. The second-order valence-corrected chi connectivity index (χ2v) is 5.14. The molecule has 2 aromatic rings. The van der Waals surface area contributed by atoms with Crippen molar-refractivity contribution < 1.29 is 4.79 Å². The van der Waals surface area contributed by atoms with Gasteiger partial charge in [0.05, 0.1) is 0 Å². The van der Waals surface area contributed by atoms with Crippen LogP contribution in [0.25, 0.3) is 17.2 Å². The molecule has 2 N–H and O–H groups in total. The highest BCUT2D eigenvalue weighted by Crippen LogP contribution is 2.22. The van der Waals surface area contributed by atoms with E-state index in [1.165, 1.54) is 0 Å². The van der Waals surface area contributed by atoms with E-state index < -0.39 is 0 Å². The lowest BCUT2D eigenvalue weighted by molar-refractivity contribution is 0.252. The monoisotopic (exact) mass is 294 g/mol. The first-order valence-electron chi connectivity index (χ1n) is 7.60. The molecule has 0 aromatic heterocycles. The number of hydrogen-bond acceptors (Lipinski definition) is 1. The molecule has 0 unspecified atom stereocenters. The number of amides is 2. The van der Waals surface area contributed by atoms with Gasteiger partial charge in [0.15, 0.2) is 0 Å². The number of rotatable bonds is 6. The van der Waals surface area contributed by atoms with Crippen LogP contribution in [0.3, 0.4) is 0 Å². The summed E-state index contributed by atoms with van der Waals surface area (Å²) >= 11 is 0. The lowest BCUT2D eigenvalue weighted by atomic mass is 10.0. The highest BCUT2D eigenvalue weighted by molar-refractivity contribution is 5.89. The Balaban J connectivity index is 1.97. The van der Waals surface area contributed by atoms with Crippen molar-refractivity contribution in [1.82, 2.24) is 5.32 Å². The zero-order chi connectivity index (χ0) is 15.8. The maximum atomic E-state index is 11.7. The standard InChI is InChI=1S/C19H22N2O/c1-3-5-14-20-19(22)21-18-12-10-17(11-13-18)16-8-6-15(4-2)7-9-16/h4,6-13H,2-3,5,14H2,1H3,(H2,20,21,22). The van der Waals surface area contributed by atoms with Gasteiger partial charge in [-0.05, 0) is 35.2 Å². The van der Waals surface area contributed by atoms with Gasteiger partial charge in [-0.1, -0.05) is 62.4 Å². The highest BCUT2D eigenvalue weighted by atomic mass is 16.2. The molecular formula is C19H22N2O. The van der Waals surface area contributed by atoms with Crippen LogP contribution in [0.1, 0.15) is 25.3 Å². The van der Waals surface area contributed by atoms with E-state index in [2.05, 4.69) is 36.3 Å². The minimum absolute atomic E-state index is 0.156. The Hall–Kier alpha value is -2.55. The van der Waals surface area contributed by atoms with E-state index in [1.807, 2.05) is 42.5 Å². The average molecular weight is 294 g/mol. The van der Waals surface area contributed by atoms with Gasteiger partial charge < -0.3 is 10.6 Å². The van der Waals surface area contributed by atoms with Gasteiger partial charge in [-0.2, -0.15) is 0 Å². The summed E-state index contributed by atoms with van der Waals surface area (Å²) in [4.78, 5) is 11.7. The molecule has 0 aliphatic rings. The molecule has 0 fully saturated rings. The van der Waals surface area contributed by atoms with Crippen LogP contribution in [0.4, 0.5) is 10.5 Å². The quantitative estimate of drug-likeness (QED) is 0.730. The van der Waals surface area contributed by atoms with E-state index in [0.717, 1.165) is 35.2 Å². The summed E-state index contributed by atoms with van der Waals surface area (Å²) in [5, 5.41) is 5.67. The molecule has 0 aliphatic carbocycles. The molecule has 2 aromatic carbocycles. The fraction of sp³-hybridized carbons (Fsp3) is 0.211. The lowest BCUT2D eigenvalue weighted by Gasteiger charge is -2.08. The van der Waals surface area contributed by atoms with Crippen LogP contribution in [0, 0.1) is 0 Å². The molecule has 0 radical (unpaired) electrons. The van der Waals surface area contributed by atoms with Crippen LogP contribution in [-0.2, 0) is 0 Å². The van der Waals surface area contributed by atoms with Crippen molar-refractivity contribution in [3.05, 3.63) is 60.7 Å². The molecule has 0 saturated carbocycles. The average Bonchev–Trinajstić information content (AvgIpc) is 2.56. The number of urea groups is 1. The lowest BCUT2D eigenvalue weighted by Crippen LogP contribution is -2.29. The van der Waals surface area contributed by atoms with Crippen LogP contribution in [0.2, 0.25) is 0 Å². The summed E-state index contributed by atoms with van der Waals surface area (Å²) in [5.41, 5.74) is 4.16. The van der Waals surface area contributed by atoms with E-state index in [9.17, 15) is 4.79 Å². The Morgan fingerprint density at radius 2 is 1.64 bits per heavy atom. The molecule has 2 amide bonds. The molecule has 0 atom stereocenters. The van der Waals surface area contributed by atoms with Crippen molar-refractivity contribution in [3.8, 4) is 11.1 Å². The Labute approximate surface area is 132 Å². The normalized spacial score (nSPS) is 10.0. The Kier molecular flexibility index (Phi) is 5.78. The second kappa shape index (κ2) is 8.03. The largest absolute Gasteiger partial charge is 0.338 e. The topological polar surface area (TPSA) is 41.1 Å². The first-order chi connectivity index (χ1) is 10.7. The SMILES string of the molecule is C=Cc1ccc(-c2ccc(NC(=O)NCCCC)cc2)cc1. The number of carbonyl (C=O) groups is 1. The Bertz CT molecular complexity index is 615. The summed E-state index contributed by atoms with van der Waals surface area (Å²) in [7, 11) is 0. The van der Waals surface area contributed by atoms with Gasteiger partial charge >= 0.3 is 6.03 Å². The second-order valence-electron chi connectivity index (χ2n) is 5.14. The van der Waals surface area contributed by atoms with E-state index in [4.69, 9.17) is 0 Å². The van der Waals surface area contributed by atoms with Gasteiger partial charge in [0.1, 0.15) is 0 Å². The molecule has 0 saturated heterocycles. The zero-order valence-electron chi connectivity index (χ0n) is 12.9. The molecule has 114 valence electrons. The summed E-state index contributed by atoms with van der Waals surface area (Å²) < 4.78 is 0. The Morgan fingerprint density at radius 3 is 2.18 bits per heavy atom. The first-order valence-corrected chi connectivity index (χ1v) is 7.60. The molecule has 3 heteroatoms. The van der Waals surface area contributed by atoms with Gasteiger partial charge in [-0.3, -0.25) is 0 Å². The third-order valence-electron chi connectivity index (χ3n) is 3.44. The maximum Gasteiger partial charge on any atom is 0.319 e. The maximum absolute atomic E-state index is 11.7. The van der Waals surface area contributed by atoms with E-state index in [-0.39, 0.29) is 6.03 Å². The minimum Gasteiger partial charge on any atom is -0.338 e. The number of anilines is 1. The summed E-state index contributed by atoms with van der Waals surface area (Å²) in [6.07, 6.45) is 3.89. The summed E-state index contributed by atoms with van der Waals surface area (Å²) in [5.74, 6) is 0. The number of benzene rings is 2. The minimum atomic E-state index is -0.156. The summed E-state index contributed by atoms with van der Waals surface area (Å²) in [6, 6.07) is 15.9. The number of nitrogens with one attached hydrogen (secondary N) is 2. The first kappa shape index (κ1) is 15.8. The predicted molar refractivity (Wildman–Crippen MR) is 93.9 cm³/mol. The fourth-order valence-electron chi connectivity index (χ4n) is 2.11. The molecule has 0 bridgehead atoms. The van der Waals surface area contributed by atoms with Crippen LogP contribution in [0.15, 0.2) is 55.1 Å². The third-order valence-corrected chi connectivity index (χ3v) is 3.44. The Morgan fingerprint density at radius 1 is 1.05 bits per heavy atom. The van der Waals surface area contributed by atoms with Crippen molar-refractivity contribution in [2.45, 2.75) is 19.8 Å². The zero-order valence-corrected chi connectivity index (χ0v) is 12.9. The molecule has 22 heavy (non-hydrogen) atoms. The van der Waals surface area contributed by atoms with Gasteiger partial charge in [0.25, 0.3) is 0 Å². The molecule has 0 heterocycles. The van der Waals surface area contributed by atoms with Crippen molar-refractivity contribution in [1.29, 1.82) is 0 Å². The highest BCUT2D eigenvalue weighted by Gasteiger charge is 2.02. The smallest absolute Gasteiger partial charge is 0.319 e. The van der Waals surface area contributed by atoms with Crippen LogP contribution in [-0.4, -0.2) is 12.6 Å². The molecule has 0 aliphatic heterocycles. The van der Waals surface area contributed by atoms with Gasteiger partial charge in [-0.25, -0.2) is 4.79 Å². The van der Waals surface area contributed by atoms with Crippen molar-refractivity contribution in [2.24, 2.45) is 0 Å². The van der Waals surface area contributed by atoms with Crippen LogP contribution >= 0.6 is 0 Å².